The van der Waals surface area contributed by atoms with Gasteiger partial charge in [0.2, 0.25) is 5.91 Å². The summed E-state index contributed by atoms with van der Waals surface area (Å²) < 4.78 is 5.30. The predicted octanol–water partition coefficient (Wildman–Crippen LogP) is 3.96. The van der Waals surface area contributed by atoms with Crippen LogP contribution in [0.25, 0.3) is 0 Å². The molecule has 6 heteroatoms. The lowest BCUT2D eigenvalue weighted by atomic mass is 9.96. The fourth-order valence-electron chi connectivity index (χ4n) is 2.38. The summed E-state index contributed by atoms with van der Waals surface area (Å²) in [6.45, 7) is 3.63. The average molecular weight is 383 g/mol. The maximum Gasteiger partial charge on any atom is 0.225 e. The van der Waals surface area contributed by atoms with E-state index < -0.39 is 0 Å². The second-order valence-corrected chi connectivity index (χ2v) is 6.29. The maximum atomic E-state index is 12.5. The van der Waals surface area contributed by atoms with E-state index in [4.69, 9.17) is 22.1 Å². The average Bonchev–Trinajstić information content (AvgIpc) is 2.59. The van der Waals surface area contributed by atoms with E-state index >= 15 is 0 Å². The summed E-state index contributed by atoms with van der Waals surface area (Å²) in [5, 5.41) is 3.66. The van der Waals surface area contributed by atoms with Crippen LogP contribution in [0.1, 0.15) is 31.0 Å². The summed E-state index contributed by atoms with van der Waals surface area (Å²) in [6, 6.07) is 14.5. The Morgan fingerprint density at radius 1 is 1.16 bits per heavy atom. The topological polar surface area (TPSA) is 64.3 Å². The van der Waals surface area contributed by atoms with Crippen molar-refractivity contribution in [3.63, 3.8) is 0 Å². The van der Waals surface area contributed by atoms with E-state index in [0.29, 0.717) is 5.02 Å². The number of methoxy groups -OCH3 is 1. The monoisotopic (exact) mass is 382 g/mol. The highest BCUT2D eigenvalue weighted by atomic mass is 35.5. The van der Waals surface area contributed by atoms with Crippen LogP contribution in [0, 0.1) is 5.92 Å². The molecule has 0 aliphatic heterocycles. The molecule has 2 aromatic rings. The van der Waals surface area contributed by atoms with Crippen molar-refractivity contribution in [1.29, 1.82) is 0 Å². The summed E-state index contributed by atoms with van der Waals surface area (Å²) in [5.74, 6) is 0.303. The summed E-state index contributed by atoms with van der Waals surface area (Å²) in [4.78, 5) is 12.5. The molecule has 0 bridgehead atoms. The second kappa shape index (κ2) is 9.66. The fraction of sp³-hybridized carbons (Fsp3) is 0.316. The summed E-state index contributed by atoms with van der Waals surface area (Å²) in [5.41, 5.74) is 7.59. The lowest BCUT2D eigenvalue weighted by Crippen LogP contribution is -2.40. The third-order valence-electron chi connectivity index (χ3n) is 4.13. The molecule has 0 saturated heterocycles. The molecule has 4 nitrogen and oxygen atoms in total. The first-order valence-corrected chi connectivity index (χ1v) is 8.26. The summed E-state index contributed by atoms with van der Waals surface area (Å²) in [6.07, 6.45) is 0. The lowest BCUT2D eigenvalue weighted by Gasteiger charge is -2.24. The van der Waals surface area contributed by atoms with Gasteiger partial charge in [0.1, 0.15) is 5.75 Å². The zero-order valence-electron chi connectivity index (χ0n) is 14.5. The van der Waals surface area contributed by atoms with Gasteiger partial charge in [-0.05, 0) is 36.2 Å². The van der Waals surface area contributed by atoms with Crippen LogP contribution in [0.4, 0.5) is 0 Å². The molecule has 0 spiro atoms. The Balaban J connectivity index is 0.00000312. The zero-order valence-corrected chi connectivity index (χ0v) is 16.1. The van der Waals surface area contributed by atoms with Gasteiger partial charge in [0.25, 0.3) is 0 Å². The van der Waals surface area contributed by atoms with Gasteiger partial charge in [-0.1, -0.05) is 48.9 Å². The molecule has 1 amide bonds. The molecule has 2 rings (SSSR count). The molecule has 0 aliphatic rings. The van der Waals surface area contributed by atoms with Crippen molar-refractivity contribution in [2.24, 2.45) is 11.7 Å². The van der Waals surface area contributed by atoms with Crippen molar-refractivity contribution in [3.05, 3.63) is 64.7 Å². The number of benzene rings is 2. The molecule has 0 aromatic heterocycles. The molecule has 2 aromatic carbocycles. The molecule has 3 N–H and O–H groups in total. The van der Waals surface area contributed by atoms with Gasteiger partial charge >= 0.3 is 0 Å². The highest BCUT2D eigenvalue weighted by molar-refractivity contribution is 6.31. The van der Waals surface area contributed by atoms with Crippen molar-refractivity contribution in [2.45, 2.75) is 25.9 Å². The van der Waals surface area contributed by atoms with E-state index in [0.717, 1.165) is 16.9 Å². The van der Waals surface area contributed by atoms with Crippen LogP contribution >= 0.6 is 24.0 Å². The number of rotatable bonds is 6. The Morgan fingerprint density at radius 2 is 1.84 bits per heavy atom. The standard InChI is InChI=1S/C19H23ClN2O2.ClH/c1-12(13(2)21)19(23)22-18(16-9-4-5-10-17(16)20)14-7-6-8-15(11-14)24-3;/h4-13,18H,21H2,1-3H3,(H,22,23);1H. The van der Waals surface area contributed by atoms with Crippen LogP contribution in [-0.2, 0) is 4.79 Å². The number of ether oxygens (including phenoxy) is 1. The number of hydrogen-bond acceptors (Lipinski definition) is 3. The van der Waals surface area contributed by atoms with Crippen LogP contribution in [0.15, 0.2) is 48.5 Å². The van der Waals surface area contributed by atoms with Crippen molar-refractivity contribution in [3.8, 4) is 5.75 Å². The Kier molecular flexibility index (Phi) is 8.23. The molecular formula is C19H24Cl2N2O2. The predicted molar refractivity (Wildman–Crippen MR) is 104 cm³/mol. The molecule has 0 aliphatic carbocycles. The fourth-order valence-corrected chi connectivity index (χ4v) is 2.63. The number of hydrogen-bond donors (Lipinski definition) is 2. The number of amides is 1. The minimum absolute atomic E-state index is 0. The summed E-state index contributed by atoms with van der Waals surface area (Å²) >= 11 is 6.36. The van der Waals surface area contributed by atoms with E-state index in [9.17, 15) is 4.79 Å². The molecule has 0 heterocycles. The number of carbonyl (C=O) groups excluding carboxylic acids is 1. The number of nitrogens with one attached hydrogen (secondary N) is 1. The minimum Gasteiger partial charge on any atom is -0.497 e. The van der Waals surface area contributed by atoms with Gasteiger partial charge in [0.05, 0.1) is 13.2 Å². The molecule has 0 saturated carbocycles. The van der Waals surface area contributed by atoms with Crippen molar-refractivity contribution < 1.29 is 9.53 Å². The van der Waals surface area contributed by atoms with Gasteiger partial charge in [-0.2, -0.15) is 0 Å². The Labute approximate surface area is 160 Å². The van der Waals surface area contributed by atoms with Gasteiger partial charge in [-0.25, -0.2) is 0 Å². The van der Waals surface area contributed by atoms with Crippen molar-refractivity contribution in [1.82, 2.24) is 5.32 Å². The maximum absolute atomic E-state index is 12.5. The van der Waals surface area contributed by atoms with Crippen LogP contribution < -0.4 is 15.8 Å². The van der Waals surface area contributed by atoms with Gasteiger partial charge in [0.15, 0.2) is 0 Å². The van der Waals surface area contributed by atoms with Crippen molar-refractivity contribution in [2.75, 3.05) is 7.11 Å². The highest BCUT2D eigenvalue weighted by Gasteiger charge is 2.24. The van der Waals surface area contributed by atoms with Crippen LogP contribution in [0.3, 0.4) is 0 Å². The van der Waals surface area contributed by atoms with E-state index in [1.54, 1.807) is 7.11 Å². The number of halogens is 2. The normalized spacial score (nSPS) is 14.0. The number of carbonyl (C=O) groups is 1. The largest absolute Gasteiger partial charge is 0.497 e. The molecule has 136 valence electrons. The first-order valence-electron chi connectivity index (χ1n) is 7.88. The van der Waals surface area contributed by atoms with Gasteiger partial charge < -0.3 is 15.8 Å². The van der Waals surface area contributed by atoms with Crippen LogP contribution in [0.2, 0.25) is 5.02 Å². The first kappa shape index (κ1) is 21.3. The second-order valence-electron chi connectivity index (χ2n) is 5.89. The van der Waals surface area contributed by atoms with Gasteiger partial charge in [-0.15, -0.1) is 12.4 Å². The van der Waals surface area contributed by atoms with E-state index in [1.807, 2.05) is 62.4 Å². The molecule has 3 unspecified atom stereocenters. The van der Waals surface area contributed by atoms with E-state index in [-0.39, 0.29) is 36.3 Å². The lowest BCUT2D eigenvalue weighted by molar-refractivity contribution is -0.125. The third kappa shape index (κ3) is 5.36. The molecule has 25 heavy (non-hydrogen) atoms. The third-order valence-corrected chi connectivity index (χ3v) is 4.48. The van der Waals surface area contributed by atoms with Crippen molar-refractivity contribution >= 4 is 29.9 Å². The van der Waals surface area contributed by atoms with Crippen LogP contribution in [-0.4, -0.2) is 19.1 Å². The molecule has 3 atom stereocenters. The Bertz CT molecular complexity index is 707. The van der Waals surface area contributed by atoms with Gasteiger partial charge in [0, 0.05) is 17.0 Å². The quantitative estimate of drug-likeness (QED) is 0.794. The van der Waals surface area contributed by atoms with E-state index in [1.165, 1.54) is 0 Å². The van der Waals surface area contributed by atoms with Crippen LogP contribution in [0.5, 0.6) is 5.75 Å². The Hall–Kier alpha value is -1.75. The Morgan fingerprint density at radius 3 is 2.44 bits per heavy atom. The SMILES string of the molecule is COc1cccc(C(NC(=O)C(C)C(C)N)c2ccccc2Cl)c1.Cl. The highest BCUT2D eigenvalue weighted by Crippen LogP contribution is 2.30. The number of nitrogens with two attached hydrogens (primary N) is 1. The minimum atomic E-state index is -0.373. The van der Waals surface area contributed by atoms with E-state index in [2.05, 4.69) is 5.32 Å². The molecule has 0 radical (unpaired) electrons. The summed E-state index contributed by atoms with van der Waals surface area (Å²) in [7, 11) is 1.61. The molecular weight excluding hydrogens is 359 g/mol. The zero-order chi connectivity index (χ0) is 17.7. The first-order chi connectivity index (χ1) is 11.4. The smallest absolute Gasteiger partial charge is 0.225 e. The molecule has 0 fully saturated rings. The van der Waals surface area contributed by atoms with Gasteiger partial charge in [-0.3, -0.25) is 4.79 Å².